The first-order valence-corrected chi connectivity index (χ1v) is 6.17. The lowest BCUT2D eigenvalue weighted by molar-refractivity contribution is 0.626. The third kappa shape index (κ3) is 3.80. The van der Waals surface area contributed by atoms with Gasteiger partial charge < -0.3 is 0 Å². The smallest absolute Gasteiger partial charge is 0.0357 e. The maximum absolute atomic E-state index is 4.36. The van der Waals surface area contributed by atoms with E-state index in [0.717, 1.165) is 13.0 Å². The van der Waals surface area contributed by atoms with Crippen LogP contribution in [0.2, 0.25) is 0 Å². The molecule has 0 amide bonds. The van der Waals surface area contributed by atoms with Crippen LogP contribution >= 0.6 is 0 Å². The monoisotopic (exact) mass is 217 g/mol. The van der Waals surface area contributed by atoms with Crippen molar-refractivity contribution < 1.29 is 0 Å². The molecule has 1 atom stereocenters. The normalized spacial score (nSPS) is 20.9. The molecule has 0 saturated heterocycles. The Morgan fingerprint density at radius 2 is 2.06 bits per heavy atom. The topological polar surface area (TPSA) is 12.4 Å². The van der Waals surface area contributed by atoms with Crippen LogP contribution in [-0.2, 0) is 0 Å². The van der Waals surface area contributed by atoms with Crippen molar-refractivity contribution in [3.05, 3.63) is 36.0 Å². The highest BCUT2D eigenvalue weighted by atomic mass is 14.7. The maximum Gasteiger partial charge on any atom is 0.0357 e. The van der Waals surface area contributed by atoms with Crippen LogP contribution in [0, 0.1) is 11.3 Å². The summed E-state index contributed by atoms with van der Waals surface area (Å²) >= 11 is 0. The summed E-state index contributed by atoms with van der Waals surface area (Å²) in [5.41, 5.74) is 1.53. The van der Waals surface area contributed by atoms with Crippen molar-refractivity contribution in [3.8, 4) is 0 Å². The molecule has 0 aromatic carbocycles. The second-order valence-corrected chi connectivity index (χ2v) is 4.84. The number of rotatable bonds is 4. The van der Waals surface area contributed by atoms with Crippen LogP contribution in [0.5, 0.6) is 0 Å². The summed E-state index contributed by atoms with van der Waals surface area (Å²) in [5, 5.41) is 0. The molecule has 0 heterocycles. The Morgan fingerprint density at radius 3 is 2.69 bits per heavy atom. The molecular formula is C15H23N. The number of hydrogen-bond acceptors (Lipinski definition) is 1. The standard InChI is InChI=1S/C15H23N/c1-5-13(12-16-6-2)14-8-7-10-15(3,4)11-9-14/h7-13H,5-6H2,1-4H3. The van der Waals surface area contributed by atoms with Crippen LogP contribution in [0.3, 0.4) is 0 Å². The van der Waals surface area contributed by atoms with Crippen molar-refractivity contribution in [2.24, 2.45) is 16.3 Å². The number of allylic oxidation sites excluding steroid dienone is 6. The molecule has 0 radical (unpaired) electrons. The molecule has 0 aliphatic heterocycles. The third-order valence-corrected chi connectivity index (χ3v) is 2.86. The Morgan fingerprint density at radius 1 is 1.31 bits per heavy atom. The van der Waals surface area contributed by atoms with Crippen molar-refractivity contribution >= 4 is 6.21 Å². The predicted molar refractivity (Wildman–Crippen MR) is 73.0 cm³/mol. The molecule has 1 heteroatoms. The summed E-state index contributed by atoms with van der Waals surface area (Å²) in [6.07, 6.45) is 14.3. The van der Waals surface area contributed by atoms with Gasteiger partial charge in [0.25, 0.3) is 0 Å². The molecule has 0 fully saturated rings. The van der Waals surface area contributed by atoms with Gasteiger partial charge in [0.1, 0.15) is 0 Å². The van der Waals surface area contributed by atoms with Gasteiger partial charge in [-0.3, -0.25) is 4.99 Å². The van der Waals surface area contributed by atoms with Crippen LogP contribution in [0.25, 0.3) is 0 Å². The molecule has 0 saturated carbocycles. The molecule has 16 heavy (non-hydrogen) atoms. The van der Waals surface area contributed by atoms with Gasteiger partial charge in [-0.15, -0.1) is 0 Å². The Bertz CT molecular complexity index is 329. The molecule has 1 aliphatic carbocycles. The van der Waals surface area contributed by atoms with Crippen LogP contribution < -0.4 is 0 Å². The van der Waals surface area contributed by atoms with E-state index in [0.29, 0.717) is 5.92 Å². The van der Waals surface area contributed by atoms with Gasteiger partial charge in [-0.2, -0.15) is 0 Å². The Kier molecular flexibility index (Phi) is 4.72. The lowest BCUT2D eigenvalue weighted by atomic mass is 9.91. The molecule has 0 aromatic heterocycles. The molecule has 0 aromatic rings. The number of hydrogen-bond donors (Lipinski definition) is 0. The molecule has 1 rings (SSSR count). The van der Waals surface area contributed by atoms with E-state index in [-0.39, 0.29) is 5.41 Å². The Hall–Kier alpha value is -1.11. The van der Waals surface area contributed by atoms with Crippen molar-refractivity contribution in [2.45, 2.75) is 34.1 Å². The second kappa shape index (κ2) is 5.83. The van der Waals surface area contributed by atoms with Crippen molar-refractivity contribution in [2.75, 3.05) is 6.54 Å². The minimum atomic E-state index is 0.165. The maximum atomic E-state index is 4.36. The Balaban J connectivity index is 2.84. The number of aliphatic imine (C=N–C) groups is 1. The average Bonchev–Trinajstić information content (AvgIpc) is 2.41. The lowest BCUT2D eigenvalue weighted by Crippen LogP contribution is -2.04. The molecular weight excluding hydrogens is 194 g/mol. The van der Waals surface area contributed by atoms with Crippen LogP contribution in [-0.4, -0.2) is 12.8 Å². The fourth-order valence-corrected chi connectivity index (χ4v) is 1.74. The minimum Gasteiger partial charge on any atom is -0.297 e. The van der Waals surface area contributed by atoms with Gasteiger partial charge in [-0.25, -0.2) is 0 Å². The van der Waals surface area contributed by atoms with Gasteiger partial charge in [0, 0.05) is 24.1 Å². The average molecular weight is 217 g/mol. The highest BCUT2D eigenvalue weighted by Crippen LogP contribution is 2.25. The van der Waals surface area contributed by atoms with Gasteiger partial charge >= 0.3 is 0 Å². The third-order valence-electron chi connectivity index (χ3n) is 2.86. The van der Waals surface area contributed by atoms with E-state index in [4.69, 9.17) is 0 Å². The molecule has 88 valence electrons. The van der Waals surface area contributed by atoms with Crippen molar-refractivity contribution in [1.82, 2.24) is 0 Å². The summed E-state index contributed by atoms with van der Waals surface area (Å²) in [6.45, 7) is 9.59. The van der Waals surface area contributed by atoms with E-state index in [9.17, 15) is 0 Å². The fourth-order valence-electron chi connectivity index (χ4n) is 1.74. The summed E-state index contributed by atoms with van der Waals surface area (Å²) < 4.78 is 0. The van der Waals surface area contributed by atoms with E-state index in [1.165, 1.54) is 5.57 Å². The summed E-state index contributed by atoms with van der Waals surface area (Å²) in [4.78, 5) is 4.36. The predicted octanol–water partition coefficient (Wildman–Crippen LogP) is 4.18. The first-order chi connectivity index (χ1) is 7.59. The molecule has 1 aliphatic rings. The zero-order chi connectivity index (χ0) is 12.0. The number of nitrogens with zero attached hydrogens (tertiary/aromatic N) is 1. The van der Waals surface area contributed by atoms with Crippen molar-refractivity contribution in [3.63, 3.8) is 0 Å². The first-order valence-electron chi connectivity index (χ1n) is 6.17. The van der Waals surface area contributed by atoms with E-state index in [2.05, 4.69) is 69.3 Å². The van der Waals surface area contributed by atoms with E-state index in [1.807, 2.05) is 0 Å². The fraction of sp³-hybridized carbons (Fsp3) is 0.533. The van der Waals surface area contributed by atoms with E-state index in [1.54, 1.807) is 0 Å². The van der Waals surface area contributed by atoms with Gasteiger partial charge in [0.05, 0.1) is 0 Å². The van der Waals surface area contributed by atoms with E-state index >= 15 is 0 Å². The molecule has 1 unspecified atom stereocenters. The minimum absolute atomic E-state index is 0.165. The first kappa shape index (κ1) is 13.0. The van der Waals surface area contributed by atoms with Crippen LogP contribution in [0.15, 0.2) is 40.9 Å². The highest BCUT2D eigenvalue weighted by molar-refractivity contribution is 5.66. The van der Waals surface area contributed by atoms with Gasteiger partial charge in [0.15, 0.2) is 0 Å². The zero-order valence-corrected chi connectivity index (χ0v) is 10.9. The second-order valence-electron chi connectivity index (χ2n) is 4.84. The van der Waals surface area contributed by atoms with Gasteiger partial charge in [-0.05, 0) is 18.9 Å². The van der Waals surface area contributed by atoms with Gasteiger partial charge in [0.2, 0.25) is 0 Å². The molecule has 1 nitrogen and oxygen atoms in total. The molecule has 0 bridgehead atoms. The Labute approximate surface area is 99.7 Å². The highest BCUT2D eigenvalue weighted by Gasteiger charge is 2.13. The van der Waals surface area contributed by atoms with Crippen molar-refractivity contribution in [1.29, 1.82) is 0 Å². The molecule has 0 spiro atoms. The zero-order valence-electron chi connectivity index (χ0n) is 10.9. The summed E-state index contributed by atoms with van der Waals surface area (Å²) in [6, 6.07) is 0. The van der Waals surface area contributed by atoms with Crippen LogP contribution in [0.1, 0.15) is 34.1 Å². The summed E-state index contributed by atoms with van der Waals surface area (Å²) in [5.74, 6) is 0.453. The van der Waals surface area contributed by atoms with Crippen LogP contribution in [0.4, 0.5) is 0 Å². The van der Waals surface area contributed by atoms with Gasteiger partial charge in [-0.1, -0.05) is 51.2 Å². The quantitative estimate of drug-likeness (QED) is 0.626. The lowest BCUT2D eigenvalue weighted by Gasteiger charge is -2.13. The SMILES string of the molecule is CCN=CC(CC)C1=CC=CC(C)(C)C=C1. The summed E-state index contributed by atoms with van der Waals surface area (Å²) in [7, 11) is 0. The van der Waals surface area contributed by atoms with E-state index < -0.39 is 0 Å². The molecule has 0 N–H and O–H groups in total. The largest absolute Gasteiger partial charge is 0.297 e.